The van der Waals surface area contributed by atoms with Crippen LogP contribution in [-0.4, -0.2) is 5.78 Å². The fourth-order valence-electron chi connectivity index (χ4n) is 2.22. The zero-order valence-corrected chi connectivity index (χ0v) is 12.9. The first-order valence-electron chi connectivity index (χ1n) is 6.49. The molecule has 0 amide bonds. The lowest BCUT2D eigenvalue weighted by atomic mass is 9.97. The minimum atomic E-state index is -0.354. The molecule has 5 heteroatoms. The molecule has 0 radical (unpaired) electrons. The summed E-state index contributed by atoms with van der Waals surface area (Å²) in [6.07, 6.45) is 0. The number of carbonyl (C=O) groups excluding carboxylic acids is 1. The third-order valence-electron chi connectivity index (χ3n) is 3.29. The van der Waals surface area contributed by atoms with E-state index in [-0.39, 0.29) is 11.6 Å². The van der Waals surface area contributed by atoms with Crippen molar-refractivity contribution in [1.82, 2.24) is 0 Å². The van der Waals surface area contributed by atoms with E-state index in [1.807, 2.05) is 0 Å². The van der Waals surface area contributed by atoms with Crippen molar-refractivity contribution in [3.63, 3.8) is 0 Å². The fraction of sp³-hybridized carbons (Fsp3) is 0. The van der Waals surface area contributed by atoms with Crippen LogP contribution in [0, 0.1) is 5.82 Å². The molecule has 0 aliphatic heterocycles. The van der Waals surface area contributed by atoms with Gasteiger partial charge in [-0.05, 0) is 42.0 Å². The van der Waals surface area contributed by atoms with Crippen LogP contribution in [0.15, 0.2) is 53.9 Å². The number of rotatable bonds is 3. The van der Waals surface area contributed by atoms with Gasteiger partial charge in [-0.3, -0.25) is 4.79 Å². The molecule has 2 aromatic carbocycles. The van der Waals surface area contributed by atoms with Gasteiger partial charge >= 0.3 is 0 Å². The first kappa shape index (κ1) is 14.8. The van der Waals surface area contributed by atoms with Crippen LogP contribution in [0.1, 0.15) is 15.9 Å². The van der Waals surface area contributed by atoms with Crippen molar-refractivity contribution in [3.05, 3.63) is 75.9 Å². The molecule has 3 aromatic rings. The van der Waals surface area contributed by atoms with Gasteiger partial charge in [0.25, 0.3) is 0 Å². The lowest BCUT2D eigenvalue weighted by molar-refractivity contribution is 0.104. The van der Waals surface area contributed by atoms with Gasteiger partial charge in [0, 0.05) is 21.5 Å². The minimum absolute atomic E-state index is 0.199. The molecule has 0 atom stereocenters. The van der Waals surface area contributed by atoms with Gasteiger partial charge in [0.05, 0.1) is 10.6 Å². The van der Waals surface area contributed by atoms with E-state index in [9.17, 15) is 9.18 Å². The van der Waals surface area contributed by atoms with E-state index >= 15 is 0 Å². The second-order valence-electron chi connectivity index (χ2n) is 4.73. The lowest BCUT2D eigenvalue weighted by Crippen LogP contribution is -2.04. The molecule has 0 aliphatic carbocycles. The molecular weight excluding hydrogens is 321 g/mol. The molecule has 0 saturated carbocycles. The van der Waals surface area contributed by atoms with Crippen molar-refractivity contribution >= 4 is 33.7 Å². The van der Waals surface area contributed by atoms with Gasteiger partial charge < -0.3 is 5.73 Å². The number of carbonyl (C=O) groups is 1. The largest absolute Gasteiger partial charge is 0.390 e. The Labute approximate surface area is 136 Å². The van der Waals surface area contributed by atoms with Gasteiger partial charge in [0.1, 0.15) is 5.82 Å². The summed E-state index contributed by atoms with van der Waals surface area (Å²) in [7, 11) is 0. The van der Waals surface area contributed by atoms with Gasteiger partial charge in [0.15, 0.2) is 5.78 Å². The van der Waals surface area contributed by atoms with Crippen LogP contribution in [0.4, 0.5) is 9.39 Å². The Morgan fingerprint density at radius 1 is 1.14 bits per heavy atom. The number of thiophene rings is 1. The molecular formula is C17H11ClFNOS. The monoisotopic (exact) mass is 331 g/mol. The maximum atomic E-state index is 13.4. The van der Waals surface area contributed by atoms with Crippen LogP contribution in [0.5, 0.6) is 0 Å². The van der Waals surface area contributed by atoms with Crippen LogP contribution < -0.4 is 5.73 Å². The number of hydrogen-bond donors (Lipinski definition) is 1. The minimum Gasteiger partial charge on any atom is -0.390 e. The van der Waals surface area contributed by atoms with Crippen LogP contribution in [0.2, 0.25) is 5.02 Å². The second kappa shape index (κ2) is 5.91. The Bertz CT molecular complexity index is 842. The summed E-state index contributed by atoms with van der Waals surface area (Å²) in [5.41, 5.74) is 8.13. The second-order valence-corrected chi connectivity index (χ2v) is 6.08. The molecule has 22 heavy (non-hydrogen) atoms. The highest BCUT2D eigenvalue weighted by molar-refractivity contribution is 7.15. The van der Waals surface area contributed by atoms with Crippen molar-refractivity contribution in [2.24, 2.45) is 0 Å². The maximum absolute atomic E-state index is 13.4. The Kier molecular flexibility index (Phi) is 3.96. The van der Waals surface area contributed by atoms with Crippen molar-refractivity contribution in [1.29, 1.82) is 0 Å². The van der Waals surface area contributed by atoms with Gasteiger partial charge in [-0.2, -0.15) is 0 Å². The van der Waals surface area contributed by atoms with Gasteiger partial charge in [-0.15, -0.1) is 11.3 Å². The topological polar surface area (TPSA) is 43.1 Å². The Balaban J connectivity index is 2.09. The zero-order valence-electron chi connectivity index (χ0n) is 11.3. The van der Waals surface area contributed by atoms with Crippen LogP contribution in [0.3, 0.4) is 0 Å². The summed E-state index contributed by atoms with van der Waals surface area (Å²) in [5, 5.41) is 2.74. The van der Waals surface area contributed by atoms with Crippen LogP contribution >= 0.6 is 22.9 Å². The molecule has 0 spiro atoms. The van der Waals surface area contributed by atoms with E-state index in [0.29, 0.717) is 32.3 Å². The summed E-state index contributed by atoms with van der Waals surface area (Å²) in [5.74, 6) is -0.554. The number of anilines is 1. The molecule has 3 rings (SSSR count). The lowest BCUT2D eigenvalue weighted by Gasteiger charge is -2.06. The van der Waals surface area contributed by atoms with Crippen LogP contribution in [0.25, 0.3) is 11.1 Å². The molecule has 2 nitrogen and oxygen atoms in total. The van der Waals surface area contributed by atoms with E-state index in [1.165, 1.54) is 23.5 Å². The molecule has 0 aliphatic rings. The first-order valence-corrected chi connectivity index (χ1v) is 7.75. The van der Waals surface area contributed by atoms with Crippen molar-refractivity contribution in [2.45, 2.75) is 0 Å². The molecule has 0 unspecified atom stereocenters. The van der Waals surface area contributed by atoms with E-state index in [2.05, 4.69) is 0 Å². The molecule has 1 heterocycles. The zero-order chi connectivity index (χ0) is 15.7. The summed E-state index contributed by atoms with van der Waals surface area (Å²) in [4.78, 5) is 12.7. The SMILES string of the molecule is Nc1scc(-c2cccc(F)c2)c1C(=O)c1ccc(Cl)cc1. The molecule has 2 N–H and O–H groups in total. The van der Waals surface area contributed by atoms with E-state index < -0.39 is 0 Å². The molecule has 0 fully saturated rings. The number of benzene rings is 2. The number of ketones is 1. The molecule has 1 aromatic heterocycles. The third kappa shape index (κ3) is 2.75. The van der Waals surface area contributed by atoms with Crippen LogP contribution in [-0.2, 0) is 0 Å². The molecule has 0 bridgehead atoms. The highest BCUT2D eigenvalue weighted by atomic mass is 35.5. The number of nitrogens with two attached hydrogens (primary N) is 1. The number of halogens is 2. The normalized spacial score (nSPS) is 10.6. The third-order valence-corrected chi connectivity index (χ3v) is 4.35. The molecule has 110 valence electrons. The van der Waals surface area contributed by atoms with Gasteiger partial charge in [-0.1, -0.05) is 23.7 Å². The summed E-state index contributed by atoms with van der Waals surface area (Å²) < 4.78 is 13.4. The van der Waals surface area contributed by atoms with E-state index in [4.69, 9.17) is 17.3 Å². The summed E-state index contributed by atoms with van der Waals surface area (Å²) >= 11 is 7.11. The predicted octanol–water partition coefficient (Wildman–Crippen LogP) is 5.02. The van der Waals surface area contributed by atoms with Gasteiger partial charge in [-0.25, -0.2) is 4.39 Å². The highest BCUT2D eigenvalue weighted by Crippen LogP contribution is 2.35. The highest BCUT2D eigenvalue weighted by Gasteiger charge is 2.20. The van der Waals surface area contributed by atoms with Crippen molar-refractivity contribution in [3.8, 4) is 11.1 Å². The Morgan fingerprint density at radius 3 is 2.55 bits per heavy atom. The average molecular weight is 332 g/mol. The number of hydrogen-bond acceptors (Lipinski definition) is 3. The number of nitrogen functional groups attached to an aromatic ring is 1. The van der Waals surface area contributed by atoms with E-state index in [0.717, 1.165) is 0 Å². The summed E-state index contributed by atoms with van der Waals surface area (Å²) in [6.45, 7) is 0. The average Bonchev–Trinajstić information content (AvgIpc) is 2.89. The summed E-state index contributed by atoms with van der Waals surface area (Å²) in [6, 6.07) is 12.7. The Hall–Kier alpha value is -2.17. The predicted molar refractivity (Wildman–Crippen MR) is 89.0 cm³/mol. The smallest absolute Gasteiger partial charge is 0.196 e. The van der Waals surface area contributed by atoms with Crippen molar-refractivity contribution < 1.29 is 9.18 Å². The standard InChI is InChI=1S/C17H11ClFNOS/c18-12-6-4-10(5-7-12)16(21)15-14(9-22-17(15)20)11-2-1-3-13(19)8-11/h1-9H,20H2. The molecule has 0 saturated heterocycles. The Morgan fingerprint density at radius 2 is 1.86 bits per heavy atom. The van der Waals surface area contributed by atoms with Gasteiger partial charge in [0.2, 0.25) is 0 Å². The maximum Gasteiger partial charge on any atom is 0.196 e. The first-order chi connectivity index (χ1) is 10.6. The van der Waals surface area contributed by atoms with Crippen molar-refractivity contribution in [2.75, 3.05) is 5.73 Å². The van der Waals surface area contributed by atoms with E-state index in [1.54, 1.807) is 41.8 Å². The fourth-order valence-corrected chi connectivity index (χ4v) is 3.17. The quantitative estimate of drug-likeness (QED) is 0.685.